The summed E-state index contributed by atoms with van der Waals surface area (Å²) in [4.78, 5) is 16.0. The molecule has 0 aliphatic carbocycles. The van der Waals surface area contributed by atoms with Gasteiger partial charge in [-0.2, -0.15) is 4.31 Å². The Hall–Kier alpha value is -2.40. The van der Waals surface area contributed by atoms with Crippen molar-refractivity contribution in [3.05, 3.63) is 52.4 Å². The molecule has 0 saturated carbocycles. The van der Waals surface area contributed by atoms with E-state index in [0.29, 0.717) is 37.7 Å². The number of nitrogens with zero attached hydrogens (tertiary/aromatic N) is 2. The summed E-state index contributed by atoms with van der Waals surface area (Å²) in [5.41, 5.74) is 3.66. The topological polar surface area (TPSA) is 91.0 Å². The highest BCUT2D eigenvalue weighted by Gasteiger charge is 2.30. The van der Waals surface area contributed by atoms with Crippen LogP contribution in [0.4, 0.5) is 5.00 Å². The quantitative estimate of drug-likeness (QED) is 0.647. The van der Waals surface area contributed by atoms with E-state index >= 15 is 0 Å². The minimum atomic E-state index is -3.53. The largest absolute Gasteiger partial charge is 0.379 e. The highest BCUT2D eigenvalue weighted by Crippen LogP contribution is 2.42. The van der Waals surface area contributed by atoms with Crippen molar-refractivity contribution in [2.45, 2.75) is 37.9 Å². The molecule has 2 aromatic rings. The minimum absolute atomic E-state index is 0.151. The molecule has 3 heterocycles. The molecule has 0 radical (unpaired) electrons. The Kier molecular flexibility index (Phi) is 6.81. The third-order valence-corrected chi connectivity index (χ3v) is 9.34. The van der Waals surface area contributed by atoms with E-state index in [4.69, 9.17) is 4.74 Å². The van der Waals surface area contributed by atoms with Gasteiger partial charge in [0.15, 0.2) is 0 Å². The van der Waals surface area contributed by atoms with Crippen molar-refractivity contribution in [1.82, 2.24) is 14.5 Å². The van der Waals surface area contributed by atoms with E-state index in [9.17, 15) is 13.2 Å². The molecule has 8 nitrogen and oxygen atoms in total. The van der Waals surface area contributed by atoms with Crippen LogP contribution in [0.25, 0.3) is 5.70 Å². The van der Waals surface area contributed by atoms with Gasteiger partial charge in [0, 0.05) is 37.9 Å². The molecule has 1 atom stereocenters. The summed E-state index contributed by atoms with van der Waals surface area (Å²) in [5, 5.41) is 7.44. The Morgan fingerprint density at radius 2 is 1.94 bits per heavy atom. The predicted molar refractivity (Wildman–Crippen MR) is 131 cm³/mol. The van der Waals surface area contributed by atoms with E-state index in [2.05, 4.69) is 29.0 Å². The average molecular weight is 491 g/mol. The van der Waals surface area contributed by atoms with Crippen molar-refractivity contribution >= 4 is 38.0 Å². The molecule has 10 heteroatoms. The molecule has 0 bridgehead atoms. The van der Waals surface area contributed by atoms with Gasteiger partial charge in [0.25, 0.3) is 5.91 Å². The lowest BCUT2D eigenvalue weighted by atomic mass is 10.0. The number of thiophene rings is 1. The maximum Gasteiger partial charge on any atom is 0.261 e. The lowest BCUT2D eigenvalue weighted by Crippen LogP contribution is -2.40. The number of ether oxygens (including phenoxy) is 1. The molecule has 2 N–H and O–H groups in total. The fourth-order valence-electron chi connectivity index (χ4n) is 4.15. The Balaban J connectivity index is 1.44. The van der Waals surface area contributed by atoms with Crippen LogP contribution in [0.5, 0.6) is 0 Å². The second-order valence-corrected chi connectivity index (χ2v) is 11.2. The molecule has 0 spiro atoms. The number of anilines is 1. The van der Waals surface area contributed by atoms with Crippen LogP contribution in [0.1, 0.15) is 39.7 Å². The van der Waals surface area contributed by atoms with Gasteiger partial charge >= 0.3 is 0 Å². The number of morpholine rings is 1. The Morgan fingerprint density at radius 3 is 2.58 bits per heavy atom. The molecule has 33 heavy (non-hydrogen) atoms. The first-order valence-electron chi connectivity index (χ1n) is 11.0. The van der Waals surface area contributed by atoms with E-state index in [1.54, 1.807) is 24.3 Å². The standard InChI is InChI=1S/C23H30N4O4S2/c1-5-19-25-23-20(16(3)26(19)4)15(2)21(32-23)22(28)24-14-17-6-8-18(9-7-17)33(29,30)27-10-12-31-13-11-27/h6-9,19,25H,3,5,10-14H2,1-2,4H3,(H,24,28). The van der Waals surface area contributed by atoms with Gasteiger partial charge in [-0.1, -0.05) is 25.6 Å². The second kappa shape index (κ2) is 9.46. The third-order valence-electron chi connectivity index (χ3n) is 6.20. The van der Waals surface area contributed by atoms with Gasteiger partial charge in [0.1, 0.15) is 5.00 Å². The summed E-state index contributed by atoms with van der Waals surface area (Å²) in [6.45, 7) is 10.1. The molecule has 1 aromatic carbocycles. The Labute approximate surface area is 199 Å². The van der Waals surface area contributed by atoms with Crippen LogP contribution in [0.3, 0.4) is 0 Å². The maximum atomic E-state index is 12.9. The van der Waals surface area contributed by atoms with Crippen LogP contribution in [0, 0.1) is 6.92 Å². The molecule has 2 aliphatic heterocycles. The van der Waals surface area contributed by atoms with Crippen LogP contribution < -0.4 is 10.6 Å². The summed E-state index contributed by atoms with van der Waals surface area (Å²) in [6.07, 6.45) is 1.08. The second-order valence-electron chi connectivity index (χ2n) is 8.23. The van der Waals surface area contributed by atoms with Gasteiger partial charge in [-0.05, 0) is 36.6 Å². The van der Waals surface area contributed by atoms with Gasteiger partial charge < -0.3 is 20.3 Å². The number of hydrogen-bond donors (Lipinski definition) is 2. The summed E-state index contributed by atoms with van der Waals surface area (Å²) < 4.78 is 32.2. The first-order valence-corrected chi connectivity index (χ1v) is 13.3. The molecule has 4 rings (SSSR count). The first-order chi connectivity index (χ1) is 15.7. The molecule has 1 amide bonds. The van der Waals surface area contributed by atoms with E-state index in [-0.39, 0.29) is 17.0 Å². The minimum Gasteiger partial charge on any atom is -0.379 e. The number of carbonyl (C=O) groups is 1. The fraction of sp³-hybridized carbons (Fsp3) is 0.435. The van der Waals surface area contributed by atoms with Crippen LogP contribution in [-0.4, -0.2) is 63.0 Å². The Bertz CT molecular complexity index is 1150. The van der Waals surface area contributed by atoms with Gasteiger partial charge in [-0.3, -0.25) is 4.79 Å². The van der Waals surface area contributed by atoms with Gasteiger partial charge in [0.2, 0.25) is 10.0 Å². The van der Waals surface area contributed by atoms with E-state index in [1.807, 2.05) is 14.0 Å². The van der Waals surface area contributed by atoms with Crippen molar-refractivity contribution in [3.8, 4) is 0 Å². The number of nitrogens with one attached hydrogen (secondary N) is 2. The monoisotopic (exact) mass is 490 g/mol. The fourth-order valence-corrected chi connectivity index (χ4v) is 6.75. The van der Waals surface area contributed by atoms with Crippen molar-refractivity contribution in [3.63, 3.8) is 0 Å². The van der Waals surface area contributed by atoms with Crippen LogP contribution in [0.2, 0.25) is 0 Å². The molecular weight excluding hydrogens is 460 g/mol. The summed E-state index contributed by atoms with van der Waals surface area (Å²) in [6, 6.07) is 6.67. The molecule has 1 aromatic heterocycles. The zero-order valence-corrected chi connectivity index (χ0v) is 20.8. The lowest BCUT2D eigenvalue weighted by Gasteiger charge is -2.36. The summed E-state index contributed by atoms with van der Waals surface area (Å²) >= 11 is 1.45. The number of rotatable bonds is 6. The maximum absolute atomic E-state index is 12.9. The first kappa shape index (κ1) is 23.7. The number of sulfonamides is 1. The van der Waals surface area contributed by atoms with E-state index in [0.717, 1.165) is 33.8 Å². The number of benzene rings is 1. The van der Waals surface area contributed by atoms with Gasteiger partial charge in [0.05, 0.1) is 29.2 Å². The highest BCUT2D eigenvalue weighted by molar-refractivity contribution is 7.89. The molecule has 1 unspecified atom stereocenters. The predicted octanol–water partition coefficient (Wildman–Crippen LogP) is 3.07. The third kappa shape index (κ3) is 4.52. The van der Waals surface area contributed by atoms with Crippen molar-refractivity contribution in [1.29, 1.82) is 0 Å². The van der Waals surface area contributed by atoms with Crippen LogP contribution in [-0.2, 0) is 21.3 Å². The number of amides is 1. The SMILES string of the molecule is C=C1c2c(sc(C(=O)NCc3ccc(S(=O)(=O)N4CCOCC4)cc3)c2C)NC(CC)N1C. The molecule has 2 aliphatic rings. The highest BCUT2D eigenvalue weighted by atomic mass is 32.2. The molecule has 1 saturated heterocycles. The molecular formula is C23H30N4O4S2. The molecule has 178 valence electrons. The van der Waals surface area contributed by atoms with E-state index < -0.39 is 10.0 Å². The van der Waals surface area contributed by atoms with Gasteiger partial charge in [-0.15, -0.1) is 11.3 Å². The summed E-state index contributed by atoms with van der Waals surface area (Å²) in [5.74, 6) is -0.151. The van der Waals surface area contributed by atoms with Crippen LogP contribution >= 0.6 is 11.3 Å². The van der Waals surface area contributed by atoms with Crippen molar-refractivity contribution in [2.24, 2.45) is 0 Å². The lowest BCUT2D eigenvalue weighted by molar-refractivity contribution is 0.0730. The Morgan fingerprint density at radius 1 is 1.27 bits per heavy atom. The van der Waals surface area contributed by atoms with E-state index in [1.165, 1.54) is 15.6 Å². The summed E-state index contributed by atoms with van der Waals surface area (Å²) in [7, 11) is -1.52. The van der Waals surface area contributed by atoms with Crippen molar-refractivity contribution < 1.29 is 17.9 Å². The average Bonchev–Trinajstić information content (AvgIpc) is 3.17. The zero-order chi connectivity index (χ0) is 23.8. The number of hydrogen-bond acceptors (Lipinski definition) is 7. The number of fused-ring (bicyclic) bond motifs is 1. The molecule has 1 fully saturated rings. The number of carbonyl (C=O) groups excluding carboxylic acids is 1. The normalized spacial score (nSPS) is 19.2. The van der Waals surface area contributed by atoms with Gasteiger partial charge in [-0.25, -0.2) is 8.42 Å². The van der Waals surface area contributed by atoms with Crippen molar-refractivity contribution in [2.75, 3.05) is 38.7 Å². The zero-order valence-electron chi connectivity index (χ0n) is 19.2. The smallest absolute Gasteiger partial charge is 0.261 e. The van der Waals surface area contributed by atoms with Crippen LogP contribution in [0.15, 0.2) is 35.7 Å².